The molecule has 0 aliphatic carbocycles. The van der Waals surface area contributed by atoms with Crippen LogP contribution < -0.4 is 5.73 Å². The molecule has 4 nitrogen and oxygen atoms in total. The van der Waals surface area contributed by atoms with E-state index in [0.29, 0.717) is 31.4 Å². The molecule has 0 bridgehead atoms. The number of anilines is 1. The van der Waals surface area contributed by atoms with E-state index in [4.69, 9.17) is 5.73 Å². The number of aryl methyl sites for hydroxylation is 1. The number of hydrogen-bond acceptors (Lipinski definition) is 4. The fraction of sp³-hybridized carbons (Fsp3) is 0.500. The van der Waals surface area contributed by atoms with Crippen molar-refractivity contribution < 1.29 is 13.2 Å². The van der Waals surface area contributed by atoms with Crippen LogP contribution in [0.3, 0.4) is 0 Å². The molecule has 0 saturated heterocycles. The van der Waals surface area contributed by atoms with Gasteiger partial charge in [0.2, 0.25) is 0 Å². The summed E-state index contributed by atoms with van der Waals surface area (Å²) in [5.74, 6) is 0.368. The van der Waals surface area contributed by atoms with E-state index >= 15 is 0 Å². The van der Waals surface area contributed by atoms with Crippen molar-refractivity contribution in [2.75, 3.05) is 17.2 Å². The molecular formula is C14H21NO3S. The van der Waals surface area contributed by atoms with Gasteiger partial charge in [-0.25, -0.2) is 8.42 Å². The molecule has 0 aromatic heterocycles. The molecule has 1 aromatic carbocycles. The van der Waals surface area contributed by atoms with E-state index in [1.54, 1.807) is 6.92 Å². The molecule has 1 aromatic rings. The molecule has 2 N–H and O–H groups in total. The van der Waals surface area contributed by atoms with Crippen LogP contribution in [-0.4, -0.2) is 25.7 Å². The zero-order valence-electron chi connectivity index (χ0n) is 11.3. The van der Waals surface area contributed by atoms with Gasteiger partial charge >= 0.3 is 0 Å². The summed E-state index contributed by atoms with van der Waals surface area (Å²) in [4.78, 5) is 11.6. The number of ketones is 1. The summed E-state index contributed by atoms with van der Waals surface area (Å²) >= 11 is 0. The van der Waals surface area contributed by atoms with Crippen LogP contribution in [0.25, 0.3) is 0 Å². The molecular weight excluding hydrogens is 262 g/mol. The van der Waals surface area contributed by atoms with Crippen molar-refractivity contribution in [1.29, 1.82) is 0 Å². The van der Waals surface area contributed by atoms with Crippen LogP contribution in [0.15, 0.2) is 24.3 Å². The molecule has 0 spiro atoms. The zero-order chi connectivity index (χ0) is 14.3. The van der Waals surface area contributed by atoms with Crippen LogP contribution in [-0.2, 0) is 21.1 Å². The Kier molecular flexibility index (Phi) is 6.02. The average Bonchev–Trinajstić information content (AvgIpc) is 2.38. The lowest BCUT2D eigenvalue weighted by Gasteiger charge is -2.03. The van der Waals surface area contributed by atoms with Crippen LogP contribution in [0.5, 0.6) is 0 Å². The molecule has 0 saturated carbocycles. The van der Waals surface area contributed by atoms with Crippen molar-refractivity contribution in [3.05, 3.63) is 29.8 Å². The second-order valence-electron chi connectivity index (χ2n) is 4.62. The molecule has 5 heteroatoms. The largest absolute Gasteiger partial charge is 0.399 e. The molecule has 0 heterocycles. The van der Waals surface area contributed by atoms with E-state index < -0.39 is 9.84 Å². The molecule has 0 radical (unpaired) electrons. The van der Waals surface area contributed by atoms with Gasteiger partial charge in [0, 0.05) is 24.3 Å². The van der Waals surface area contributed by atoms with E-state index in [0.717, 1.165) is 5.56 Å². The van der Waals surface area contributed by atoms with E-state index in [9.17, 15) is 13.2 Å². The second kappa shape index (κ2) is 7.28. The summed E-state index contributed by atoms with van der Waals surface area (Å²) in [6.07, 6.45) is 1.90. The van der Waals surface area contributed by atoms with Gasteiger partial charge < -0.3 is 5.73 Å². The van der Waals surface area contributed by atoms with Gasteiger partial charge in [-0.05, 0) is 30.5 Å². The van der Waals surface area contributed by atoms with Crippen molar-refractivity contribution in [1.82, 2.24) is 0 Å². The number of benzene rings is 1. The Hall–Kier alpha value is -1.36. The van der Waals surface area contributed by atoms with Crippen molar-refractivity contribution in [2.45, 2.75) is 32.6 Å². The maximum atomic E-state index is 11.6. The van der Waals surface area contributed by atoms with E-state index in [2.05, 4.69) is 0 Å². The number of sulfone groups is 1. The Bertz CT molecular complexity index is 506. The van der Waals surface area contributed by atoms with Gasteiger partial charge in [0.1, 0.15) is 15.6 Å². The predicted octanol–water partition coefficient (Wildman–Crippen LogP) is 1.99. The first-order valence-electron chi connectivity index (χ1n) is 6.49. The van der Waals surface area contributed by atoms with Crippen LogP contribution in [0, 0.1) is 0 Å². The Morgan fingerprint density at radius 1 is 1.16 bits per heavy atom. The van der Waals surface area contributed by atoms with Gasteiger partial charge in [-0.15, -0.1) is 0 Å². The zero-order valence-corrected chi connectivity index (χ0v) is 12.1. The molecule has 0 atom stereocenters. The van der Waals surface area contributed by atoms with Crippen molar-refractivity contribution >= 4 is 21.3 Å². The van der Waals surface area contributed by atoms with Gasteiger partial charge in [-0.3, -0.25) is 4.79 Å². The Labute approximate surface area is 114 Å². The van der Waals surface area contributed by atoms with Crippen LogP contribution in [0.1, 0.15) is 31.7 Å². The van der Waals surface area contributed by atoms with Crippen LogP contribution >= 0.6 is 0 Å². The third kappa shape index (κ3) is 6.38. The minimum Gasteiger partial charge on any atom is -0.399 e. The normalized spacial score (nSPS) is 11.4. The smallest absolute Gasteiger partial charge is 0.150 e. The van der Waals surface area contributed by atoms with Crippen molar-refractivity contribution in [2.24, 2.45) is 0 Å². The summed E-state index contributed by atoms with van der Waals surface area (Å²) in [5, 5.41) is 0. The Morgan fingerprint density at radius 2 is 1.79 bits per heavy atom. The number of hydrogen-bond donors (Lipinski definition) is 1. The lowest BCUT2D eigenvalue weighted by molar-refractivity contribution is -0.119. The predicted molar refractivity (Wildman–Crippen MR) is 77.7 cm³/mol. The number of carbonyl (C=O) groups excluding carboxylic acids is 1. The van der Waals surface area contributed by atoms with E-state index in [1.807, 2.05) is 24.3 Å². The van der Waals surface area contributed by atoms with Gasteiger partial charge in [0.25, 0.3) is 0 Å². The quantitative estimate of drug-likeness (QED) is 0.740. The standard InChI is InChI=1S/C14H21NO3S/c1-2-19(17,18)11-3-4-14(16)10-7-12-5-8-13(15)9-6-12/h5-6,8-9H,2-4,7,10-11,15H2,1H3. The summed E-state index contributed by atoms with van der Waals surface area (Å²) in [6, 6.07) is 7.44. The minimum absolute atomic E-state index is 0.108. The first-order chi connectivity index (χ1) is 8.93. The first kappa shape index (κ1) is 15.7. The first-order valence-corrected chi connectivity index (χ1v) is 8.31. The fourth-order valence-corrected chi connectivity index (χ4v) is 2.60. The minimum atomic E-state index is -2.95. The molecule has 0 unspecified atom stereocenters. The highest BCUT2D eigenvalue weighted by Gasteiger charge is 2.09. The number of nitrogen functional groups attached to an aromatic ring is 1. The number of rotatable bonds is 8. The SMILES string of the molecule is CCS(=O)(=O)CCCC(=O)CCc1ccc(N)cc1. The summed E-state index contributed by atoms with van der Waals surface area (Å²) < 4.78 is 22.5. The van der Waals surface area contributed by atoms with Gasteiger partial charge in [-0.1, -0.05) is 19.1 Å². The maximum absolute atomic E-state index is 11.6. The highest BCUT2D eigenvalue weighted by atomic mass is 32.2. The number of carbonyl (C=O) groups is 1. The van der Waals surface area contributed by atoms with E-state index in [1.165, 1.54) is 0 Å². The lowest BCUT2D eigenvalue weighted by Crippen LogP contribution is -2.10. The third-order valence-corrected chi connectivity index (χ3v) is 4.81. The van der Waals surface area contributed by atoms with Crippen LogP contribution in [0.2, 0.25) is 0 Å². The second-order valence-corrected chi connectivity index (χ2v) is 7.09. The van der Waals surface area contributed by atoms with E-state index in [-0.39, 0.29) is 17.3 Å². The van der Waals surface area contributed by atoms with Gasteiger partial charge in [0.05, 0.1) is 5.75 Å². The molecule has 19 heavy (non-hydrogen) atoms. The lowest BCUT2D eigenvalue weighted by atomic mass is 10.1. The molecule has 0 fully saturated rings. The van der Waals surface area contributed by atoms with Gasteiger partial charge in [0.15, 0.2) is 0 Å². The molecule has 1 rings (SSSR count). The number of nitrogens with two attached hydrogens (primary N) is 1. The molecule has 0 aliphatic heterocycles. The number of Topliss-reactive ketones (excluding diaryl/α,β-unsaturated/α-hetero) is 1. The monoisotopic (exact) mass is 283 g/mol. The van der Waals surface area contributed by atoms with Crippen LogP contribution in [0.4, 0.5) is 5.69 Å². The topological polar surface area (TPSA) is 77.2 Å². The Balaban J connectivity index is 2.27. The molecule has 0 amide bonds. The van der Waals surface area contributed by atoms with Crippen molar-refractivity contribution in [3.8, 4) is 0 Å². The highest BCUT2D eigenvalue weighted by molar-refractivity contribution is 7.91. The third-order valence-electron chi connectivity index (χ3n) is 3.02. The highest BCUT2D eigenvalue weighted by Crippen LogP contribution is 2.09. The molecule has 106 valence electrons. The summed E-state index contributed by atoms with van der Waals surface area (Å²) in [7, 11) is -2.95. The maximum Gasteiger partial charge on any atom is 0.150 e. The summed E-state index contributed by atoms with van der Waals surface area (Å²) in [6.45, 7) is 1.62. The molecule has 0 aliphatic rings. The average molecular weight is 283 g/mol. The van der Waals surface area contributed by atoms with Gasteiger partial charge in [-0.2, -0.15) is 0 Å². The fourth-order valence-electron chi connectivity index (χ4n) is 1.73. The Morgan fingerprint density at radius 3 is 2.37 bits per heavy atom. The van der Waals surface area contributed by atoms with Crippen molar-refractivity contribution in [3.63, 3.8) is 0 Å². The summed E-state index contributed by atoms with van der Waals surface area (Å²) in [5.41, 5.74) is 7.36.